The van der Waals surface area contributed by atoms with Crippen LogP contribution in [0.25, 0.3) is 0 Å². The summed E-state index contributed by atoms with van der Waals surface area (Å²) < 4.78 is 13.4. The SMILES string of the molecule is CC(C)(C)NC(=O)[C@H]1CC[C@H]2CCCC[C@H]2N1C[C@H]1C[C@@H](c2ccc(CO)cc2)O[C@@H](c2ccc(NC(=O)CCCCCC(=O)Nc3ccccc3N)cc2)O1. The molecular formula is C45H61N5O6. The highest BCUT2D eigenvalue weighted by molar-refractivity contribution is 5.93. The molecule has 0 spiro atoms. The van der Waals surface area contributed by atoms with Crippen LogP contribution in [0.5, 0.6) is 0 Å². The number of ether oxygens (including phenoxy) is 2. The number of nitrogens with zero attached hydrogens (tertiary/aromatic N) is 1. The Hall–Kier alpha value is -4.29. The third-order valence-corrected chi connectivity index (χ3v) is 11.3. The van der Waals surface area contributed by atoms with Crippen molar-refractivity contribution in [1.82, 2.24) is 10.2 Å². The first kappa shape index (κ1) is 41.3. The number of likely N-dealkylation sites (tertiary alicyclic amines) is 1. The lowest BCUT2D eigenvalue weighted by Gasteiger charge is -2.50. The fraction of sp³-hybridized carbons (Fsp3) is 0.533. The molecule has 0 unspecified atom stereocenters. The number of carbonyl (C=O) groups excluding carboxylic acids is 3. The van der Waals surface area contributed by atoms with Gasteiger partial charge in [-0.05, 0) is 101 Å². The number of nitrogens with one attached hydrogen (secondary N) is 3. The molecule has 2 saturated heterocycles. The van der Waals surface area contributed by atoms with Gasteiger partial charge in [0.1, 0.15) is 0 Å². The van der Waals surface area contributed by atoms with E-state index in [2.05, 4.69) is 20.9 Å². The first-order valence-electron chi connectivity index (χ1n) is 20.6. The van der Waals surface area contributed by atoms with Gasteiger partial charge in [-0.2, -0.15) is 0 Å². The average Bonchev–Trinajstić information content (AvgIpc) is 3.18. The van der Waals surface area contributed by atoms with Crippen molar-refractivity contribution in [3.05, 3.63) is 89.5 Å². The summed E-state index contributed by atoms with van der Waals surface area (Å²) in [4.78, 5) is 41.3. The Morgan fingerprint density at radius 2 is 1.48 bits per heavy atom. The minimum absolute atomic E-state index is 0.0250. The number of aliphatic hydroxyl groups excluding tert-OH is 1. The molecule has 302 valence electrons. The van der Waals surface area contributed by atoms with Crippen LogP contribution in [0.4, 0.5) is 17.1 Å². The van der Waals surface area contributed by atoms with E-state index < -0.39 is 6.29 Å². The monoisotopic (exact) mass is 767 g/mol. The van der Waals surface area contributed by atoms with Crippen LogP contribution in [0.3, 0.4) is 0 Å². The number of unbranched alkanes of at least 4 members (excludes halogenated alkanes) is 2. The number of para-hydroxylation sites is 2. The minimum Gasteiger partial charge on any atom is -0.397 e. The van der Waals surface area contributed by atoms with Crippen molar-refractivity contribution in [2.45, 2.75) is 141 Å². The largest absolute Gasteiger partial charge is 0.397 e. The maximum Gasteiger partial charge on any atom is 0.237 e. The van der Waals surface area contributed by atoms with Crippen LogP contribution in [0.1, 0.15) is 127 Å². The third-order valence-electron chi connectivity index (χ3n) is 11.3. The van der Waals surface area contributed by atoms with Crippen LogP contribution in [0, 0.1) is 5.92 Å². The number of piperidine rings is 1. The van der Waals surface area contributed by atoms with Gasteiger partial charge in [0.05, 0.1) is 36.2 Å². The van der Waals surface area contributed by atoms with Crippen LogP contribution >= 0.6 is 0 Å². The summed E-state index contributed by atoms with van der Waals surface area (Å²) in [7, 11) is 0. The number of amides is 3. The second-order valence-corrected chi connectivity index (χ2v) is 16.9. The summed E-state index contributed by atoms with van der Waals surface area (Å²) in [5.41, 5.74) is 10.1. The topological polar surface area (TPSA) is 155 Å². The Balaban J connectivity index is 1.08. The van der Waals surface area contributed by atoms with E-state index in [0.717, 1.165) is 42.4 Å². The normalized spacial score (nSPS) is 24.1. The Kier molecular flexibility index (Phi) is 14.2. The van der Waals surface area contributed by atoms with Crippen LogP contribution < -0.4 is 21.7 Å². The predicted octanol–water partition coefficient (Wildman–Crippen LogP) is 7.77. The molecule has 11 heteroatoms. The Morgan fingerprint density at radius 1 is 0.804 bits per heavy atom. The van der Waals surface area contributed by atoms with Gasteiger partial charge in [0.15, 0.2) is 6.29 Å². The Bertz CT molecular complexity index is 1760. The Labute approximate surface area is 332 Å². The van der Waals surface area contributed by atoms with Crippen molar-refractivity contribution in [3.8, 4) is 0 Å². The van der Waals surface area contributed by atoms with Crippen LogP contribution in [-0.4, -0.2) is 58.0 Å². The third kappa shape index (κ3) is 11.4. The number of anilines is 3. The number of carbonyl (C=O) groups is 3. The lowest BCUT2D eigenvalue weighted by atomic mass is 9.75. The maximum atomic E-state index is 13.8. The van der Waals surface area contributed by atoms with Gasteiger partial charge in [-0.25, -0.2) is 0 Å². The lowest BCUT2D eigenvalue weighted by Crippen LogP contribution is -2.61. The number of fused-ring (bicyclic) bond motifs is 1. The molecule has 3 aliphatic rings. The van der Waals surface area contributed by atoms with Crippen LogP contribution in [0.15, 0.2) is 72.8 Å². The molecule has 3 aromatic rings. The highest BCUT2D eigenvalue weighted by Crippen LogP contribution is 2.42. The number of hydrogen-bond donors (Lipinski definition) is 5. The molecule has 6 rings (SSSR count). The second kappa shape index (κ2) is 19.2. The van der Waals surface area contributed by atoms with Gasteiger partial charge in [-0.1, -0.05) is 67.8 Å². The van der Waals surface area contributed by atoms with E-state index in [4.69, 9.17) is 15.2 Å². The van der Waals surface area contributed by atoms with E-state index in [1.54, 1.807) is 12.1 Å². The summed E-state index contributed by atoms with van der Waals surface area (Å²) in [6.07, 6.45) is 9.03. The zero-order chi connectivity index (χ0) is 39.7. The summed E-state index contributed by atoms with van der Waals surface area (Å²) in [5, 5.41) is 18.8. The van der Waals surface area contributed by atoms with Gasteiger partial charge in [-0.15, -0.1) is 0 Å². The van der Waals surface area contributed by atoms with E-state index in [0.29, 0.717) is 67.7 Å². The van der Waals surface area contributed by atoms with E-state index in [1.165, 1.54) is 19.3 Å². The maximum absolute atomic E-state index is 13.8. The summed E-state index contributed by atoms with van der Waals surface area (Å²) in [6, 6.07) is 22.8. The van der Waals surface area contributed by atoms with Gasteiger partial charge >= 0.3 is 0 Å². The predicted molar refractivity (Wildman–Crippen MR) is 219 cm³/mol. The minimum atomic E-state index is -0.648. The molecule has 6 N–H and O–H groups in total. The number of benzene rings is 3. The fourth-order valence-corrected chi connectivity index (χ4v) is 8.51. The molecule has 0 aromatic heterocycles. The molecule has 3 aromatic carbocycles. The zero-order valence-corrected chi connectivity index (χ0v) is 33.3. The summed E-state index contributed by atoms with van der Waals surface area (Å²) >= 11 is 0. The molecular weight excluding hydrogens is 707 g/mol. The van der Waals surface area contributed by atoms with Gasteiger partial charge in [0, 0.05) is 48.6 Å². The molecule has 0 bridgehead atoms. The fourth-order valence-electron chi connectivity index (χ4n) is 8.51. The Morgan fingerprint density at radius 3 is 2.18 bits per heavy atom. The van der Waals surface area contributed by atoms with Crippen molar-refractivity contribution in [3.63, 3.8) is 0 Å². The van der Waals surface area contributed by atoms with Crippen molar-refractivity contribution >= 4 is 34.8 Å². The van der Waals surface area contributed by atoms with E-state index in [1.807, 2.05) is 81.4 Å². The van der Waals surface area contributed by atoms with E-state index in [-0.39, 0.29) is 48.1 Å². The number of aliphatic hydroxyl groups is 1. The molecule has 3 fully saturated rings. The molecule has 1 saturated carbocycles. The highest BCUT2D eigenvalue weighted by atomic mass is 16.7. The number of nitrogens with two attached hydrogens (primary N) is 1. The quantitative estimate of drug-likeness (QED) is 0.0824. The molecule has 56 heavy (non-hydrogen) atoms. The first-order valence-corrected chi connectivity index (χ1v) is 20.6. The zero-order valence-electron chi connectivity index (χ0n) is 33.3. The molecule has 1 aliphatic carbocycles. The van der Waals surface area contributed by atoms with Gasteiger partial charge < -0.3 is 36.3 Å². The van der Waals surface area contributed by atoms with Crippen LogP contribution in [0.2, 0.25) is 0 Å². The summed E-state index contributed by atoms with van der Waals surface area (Å²) in [6.45, 7) is 6.71. The number of nitrogen functional groups attached to an aromatic ring is 1. The van der Waals surface area contributed by atoms with Gasteiger partial charge in [-0.3, -0.25) is 19.3 Å². The van der Waals surface area contributed by atoms with Gasteiger partial charge in [0.25, 0.3) is 0 Å². The van der Waals surface area contributed by atoms with E-state index >= 15 is 0 Å². The van der Waals surface area contributed by atoms with Crippen molar-refractivity contribution in [1.29, 1.82) is 0 Å². The van der Waals surface area contributed by atoms with Gasteiger partial charge in [0.2, 0.25) is 17.7 Å². The van der Waals surface area contributed by atoms with Crippen LogP contribution in [-0.2, 0) is 30.5 Å². The average molecular weight is 768 g/mol. The van der Waals surface area contributed by atoms with E-state index in [9.17, 15) is 19.5 Å². The smallest absolute Gasteiger partial charge is 0.237 e. The van der Waals surface area contributed by atoms with Crippen molar-refractivity contribution in [2.24, 2.45) is 5.92 Å². The first-order chi connectivity index (χ1) is 27.0. The van der Waals surface area contributed by atoms with Crippen molar-refractivity contribution in [2.75, 3.05) is 22.9 Å². The number of hydrogen-bond acceptors (Lipinski definition) is 8. The second-order valence-electron chi connectivity index (χ2n) is 16.9. The molecule has 3 amide bonds. The molecule has 11 nitrogen and oxygen atoms in total. The highest BCUT2D eigenvalue weighted by Gasteiger charge is 2.44. The standard InChI is InChI=1S/C45H61N5O6/c1-45(2,3)49-43(54)39-26-23-31-11-7-10-14-38(31)50(39)28-35-27-40(32-19-17-30(29-51)18-20-32)56-44(55-35)33-21-24-34(25-22-33)47-41(52)15-5-4-6-16-42(53)48-37-13-9-8-12-36(37)46/h8-9,12-13,17-22,24-25,31,35,38-40,44,51H,4-7,10-11,14-16,23,26-29,46H2,1-3H3,(H,47,52)(H,48,53)(H,49,54)/t31-,35-,38-,39-,40+,44+/m1/s1. The molecule has 6 atom stereocenters. The lowest BCUT2D eigenvalue weighted by molar-refractivity contribution is -0.255. The molecule has 2 heterocycles. The number of rotatable bonds is 14. The molecule has 0 radical (unpaired) electrons. The molecule has 2 aliphatic heterocycles. The summed E-state index contributed by atoms with van der Waals surface area (Å²) in [5.74, 6) is 0.515. The van der Waals surface area contributed by atoms with Crippen molar-refractivity contribution < 1.29 is 29.0 Å².